The van der Waals surface area contributed by atoms with Crippen molar-refractivity contribution in [1.82, 2.24) is 10.2 Å². The number of fused-ring (bicyclic) bond motifs is 4. The number of ether oxygens (including phenoxy) is 1. The first-order chi connectivity index (χ1) is 15.5. The zero-order valence-electron chi connectivity index (χ0n) is 18.3. The van der Waals surface area contributed by atoms with E-state index in [4.69, 9.17) is 4.74 Å². The van der Waals surface area contributed by atoms with Gasteiger partial charge < -0.3 is 20.1 Å². The number of rotatable bonds is 2. The van der Waals surface area contributed by atoms with Gasteiger partial charge in [0.15, 0.2) is 0 Å². The van der Waals surface area contributed by atoms with Gasteiger partial charge in [-0.3, -0.25) is 9.59 Å². The molecule has 2 amide bonds. The molecule has 1 aromatic carbocycles. The topological polar surface area (TPSA) is 95.9 Å². The Hall–Kier alpha value is -2.22. The third kappa shape index (κ3) is 5.57. The van der Waals surface area contributed by atoms with Gasteiger partial charge in [0.05, 0.1) is 13.0 Å². The minimum absolute atomic E-state index is 0.0508. The average molecular weight is 461 g/mol. The molecule has 0 spiro atoms. The van der Waals surface area contributed by atoms with Gasteiger partial charge in [0.1, 0.15) is 17.8 Å². The molecule has 2 heterocycles. The van der Waals surface area contributed by atoms with Crippen molar-refractivity contribution in [3.63, 3.8) is 0 Å². The van der Waals surface area contributed by atoms with E-state index >= 15 is 0 Å². The lowest BCUT2D eigenvalue weighted by molar-refractivity contribution is -0.150. The summed E-state index contributed by atoms with van der Waals surface area (Å²) in [7, 11) is 0. The molecule has 32 heavy (non-hydrogen) atoms. The van der Waals surface area contributed by atoms with Crippen LogP contribution in [0.5, 0.6) is 5.75 Å². The Morgan fingerprint density at radius 1 is 1.16 bits per heavy atom. The number of hydrogen-bond donors (Lipinski definition) is 2. The molecule has 174 valence electrons. The molecule has 3 aliphatic rings. The van der Waals surface area contributed by atoms with Gasteiger partial charge in [0, 0.05) is 11.8 Å². The van der Waals surface area contributed by atoms with Crippen molar-refractivity contribution >= 4 is 29.5 Å². The zero-order valence-corrected chi connectivity index (χ0v) is 19.1. The minimum atomic E-state index is -0.965. The Kier molecular flexibility index (Phi) is 7.60. The summed E-state index contributed by atoms with van der Waals surface area (Å²) >= 11 is 1.71. The average Bonchev–Trinajstić information content (AvgIpc) is 3.22. The lowest BCUT2D eigenvalue weighted by atomic mass is 9.83. The molecule has 3 atom stereocenters. The van der Waals surface area contributed by atoms with Crippen LogP contribution < -0.4 is 10.1 Å². The van der Waals surface area contributed by atoms with Gasteiger partial charge in [-0.2, -0.15) is 11.8 Å². The molecule has 2 N–H and O–H groups in total. The van der Waals surface area contributed by atoms with Crippen LogP contribution in [-0.2, 0) is 20.8 Å². The van der Waals surface area contributed by atoms with E-state index in [1.54, 1.807) is 11.8 Å². The number of nitrogens with zero attached hydrogens (tertiary/aromatic N) is 1. The standard InChI is InChI=1S/C24H32N2O5S/c27-21-13-16-6-4-9-18(12-16)31-10-5-11-32-19-14-20(24(29)30)26(15-19)23(28)22(25-21)17-7-2-1-3-8-17/h4,6,9,12,17,19-20,22H,1-3,5,7-8,10-11,13-15H2,(H,25,27)(H,29,30)/t19-,20+,22+/m1/s1. The lowest BCUT2D eigenvalue weighted by Crippen LogP contribution is -2.55. The SMILES string of the molecule is O=C1Cc2cccc(c2)OCCCS[C@@H]2C[C@@H](C(=O)O)N(C2)C(=O)[C@H](C2CCCCC2)N1. The summed E-state index contributed by atoms with van der Waals surface area (Å²) in [5.74, 6) is 0.231. The highest BCUT2D eigenvalue weighted by atomic mass is 32.2. The summed E-state index contributed by atoms with van der Waals surface area (Å²) in [4.78, 5) is 40.1. The van der Waals surface area contributed by atoms with Crippen LogP contribution in [0.15, 0.2) is 24.3 Å². The van der Waals surface area contributed by atoms with Crippen molar-refractivity contribution in [3.8, 4) is 5.75 Å². The molecule has 1 saturated heterocycles. The van der Waals surface area contributed by atoms with Gasteiger partial charge in [0.25, 0.3) is 0 Å². The summed E-state index contributed by atoms with van der Waals surface area (Å²) < 4.78 is 5.85. The van der Waals surface area contributed by atoms with Crippen LogP contribution in [-0.4, -0.2) is 64.0 Å². The summed E-state index contributed by atoms with van der Waals surface area (Å²) in [6, 6.07) is 6.03. The molecule has 0 radical (unpaired) electrons. The number of aliphatic carboxylic acids is 1. The van der Waals surface area contributed by atoms with Gasteiger partial charge in [-0.25, -0.2) is 4.79 Å². The molecule has 1 saturated carbocycles. The number of amides is 2. The van der Waals surface area contributed by atoms with Crippen molar-refractivity contribution in [2.24, 2.45) is 5.92 Å². The van der Waals surface area contributed by atoms with Gasteiger partial charge in [-0.05, 0) is 55.1 Å². The molecule has 4 rings (SSSR count). The van der Waals surface area contributed by atoms with Crippen molar-refractivity contribution < 1.29 is 24.2 Å². The second-order valence-electron chi connectivity index (χ2n) is 9.04. The number of nitrogens with one attached hydrogen (secondary N) is 1. The first-order valence-corrected chi connectivity index (χ1v) is 12.7. The van der Waals surface area contributed by atoms with Crippen LogP contribution in [0, 0.1) is 5.92 Å². The van der Waals surface area contributed by atoms with E-state index in [1.807, 2.05) is 24.3 Å². The number of carbonyl (C=O) groups excluding carboxylic acids is 2. The highest BCUT2D eigenvalue weighted by Crippen LogP contribution is 2.32. The van der Waals surface area contributed by atoms with Gasteiger partial charge in [-0.1, -0.05) is 31.4 Å². The normalized spacial score (nSPS) is 28.1. The third-order valence-corrected chi connectivity index (χ3v) is 8.05. The third-order valence-electron chi connectivity index (χ3n) is 6.71. The van der Waals surface area contributed by atoms with Crippen LogP contribution in [0.1, 0.15) is 50.5 Å². The summed E-state index contributed by atoms with van der Waals surface area (Å²) in [5, 5.41) is 12.9. The summed E-state index contributed by atoms with van der Waals surface area (Å²) in [6.07, 6.45) is 6.40. The van der Waals surface area contributed by atoms with Gasteiger partial charge in [0.2, 0.25) is 11.8 Å². The Morgan fingerprint density at radius 3 is 2.75 bits per heavy atom. The Balaban J connectivity index is 1.60. The summed E-state index contributed by atoms with van der Waals surface area (Å²) in [5.41, 5.74) is 0.834. The Labute approximate surface area is 193 Å². The largest absolute Gasteiger partial charge is 0.494 e. The maximum Gasteiger partial charge on any atom is 0.326 e. The molecular weight excluding hydrogens is 428 g/mol. The predicted octanol–water partition coefficient (Wildman–Crippen LogP) is 2.86. The Morgan fingerprint density at radius 2 is 1.97 bits per heavy atom. The monoisotopic (exact) mass is 460 g/mol. The van der Waals surface area contributed by atoms with E-state index in [2.05, 4.69) is 5.32 Å². The fourth-order valence-electron chi connectivity index (χ4n) is 5.08. The van der Waals surface area contributed by atoms with Crippen LogP contribution in [0.2, 0.25) is 0 Å². The minimum Gasteiger partial charge on any atom is -0.494 e. The van der Waals surface area contributed by atoms with Crippen molar-refractivity contribution in [2.45, 2.75) is 68.7 Å². The van der Waals surface area contributed by atoms with E-state index in [1.165, 1.54) is 4.90 Å². The molecule has 1 aromatic rings. The van der Waals surface area contributed by atoms with Crippen LogP contribution in [0.3, 0.4) is 0 Å². The van der Waals surface area contributed by atoms with E-state index in [-0.39, 0.29) is 29.4 Å². The fourth-order valence-corrected chi connectivity index (χ4v) is 6.28. The number of carboxylic acids is 1. The van der Waals surface area contributed by atoms with Crippen molar-refractivity contribution in [1.29, 1.82) is 0 Å². The molecule has 0 aromatic heterocycles. The number of hydrogen-bond acceptors (Lipinski definition) is 5. The van der Waals surface area contributed by atoms with Crippen LogP contribution >= 0.6 is 11.8 Å². The maximum absolute atomic E-state index is 13.7. The van der Waals surface area contributed by atoms with E-state index < -0.39 is 18.1 Å². The number of thioether (sulfide) groups is 1. The van der Waals surface area contributed by atoms with Crippen molar-refractivity contribution in [3.05, 3.63) is 29.8 Å². The maximum atomic E-state index is 13.7. The Bertz CT molecular complexity index is 841. The van der Waals surface area contributed by atoms with Crippen LogP contribution in [0.4, 0.5) is 0 Å². The highest BCUT2D eigenvalue weighted by molar-refractivity contribution is 7.99. The molecule has 4 bridgehead atoms. The molecule has 7 nitrogen and oxygen atoms in total. The highest BCUT2D eigenvalue weighted by Gasteiger charge is 2.44. The lowest BCUT2D eigenvalue weighted by Gasteiger charge is -2.34. The molecule has 2 aliphatic heterocycles. The van der Waals surface area contributed by atoms with Crippen LogP contribution in [0.25, 0.3) is 0 Å². The predicted molar refractivity (Wildman–Crippen MR) is 123 cm³/mol. The number of carbonyl (C=O) groups is 3. The van der Waals surface area contributed by atoms with E-state index in [0.717, 1.165) is 55.6 Å². The van der Waals surface area contributed by atoms with Gasteiger partial charge in [-0.15, -0.1) is 0 Å². The first-order valence-electron chi connectivity index (χ1n) is 11.7. The first kappa shape index (κ1) is 23.0. The smallest absolute Gasteiger partial charge is 0.326 e. The second kappa shape index (κ2) is 10.6. The van der Waals surface area contributed by atoms with E-state index in [0.29, 0.717) is 19.6 Å². The number of carboxylic acid groups (broad SMARTS) is 1. The zero-order chi connectivity index (χ0) is 22.5. The molecular formula is C24H32N2O5S. The molecule has 2 fully saturated rings. The van der Waals surface area contributed by atoms with Gasteiger partial charge >= 0.3 is 5.97 Å². The number of benzene rings is 1. The second-order valence-corrected chi connectivity index (χ2v) is 10.5. The molecule has 1 aliphatic carbocycles. The van der Waals surface area contributed by atoms with Crippen molar-refractivity contribution in [2.75, 3.05) is 18.9 Å². The molecule has 8 heteroatoms. The quantitative estimate of drug-likeness (QED) is 0.705. The van der Waals surface area contributed by atoms with E-state index in [9.17, 15) is 19.5 Å². The molecule has 0 unspecified atom stereocenters. The summed E-state index contributed by atoms with van der Waals surface area (Å²) in [6.45, 7) is 0.976. The fraction of sp³-hybridized carbons (Fsp3) is 0.625.